The molecule has 0 heterocycles. The summed E-state index contributed by atoms with van der Waals surface area (Å²) in [5.41, 5.74) is 1.51. The number of nitrogens with one attached hydrogen (secondary N) is 1. The van der Waals surface area contributed by atoms with Gasteiger partial charge in [-0.05, 0) is 71.6 Å². The molecule has 12 heteroatoms. The summed E-state index contributed by atoms with van der Waals surface area (Å²) >= 11 is 25.0. The first-order chi connectivity index (χ1) is 21.8. The highest BCUT2D eigenvalue weighted by Crippen LogP contribution is 2.29. The van der Waals surface area contributed by atoms with E-state index < -0.39 is 28.5 Å². The molecule has 1 N–H and O–H groups in total. The Hall–Kier alpha value is -3.27. The van der Waals surface area contributed by atoms with Gasteiger partial charge in [-0.15, -0.1) is 0 Å². The van der Waals surface area contributed by atoms with Gasteiger partial charge in [0.25, 0.3) is 10.0 Å². The van der Waals surface area contributed by atoms with Gasteiger partial charge in [-0.1, -0.05) is 103 Å². The summed E-state index contributed by atoms with van der Waals surface area (Å²) in [6, 6.07) is 25.0. The van der Waals surface area contributed by atoms with Crippen molar-refractivity contribution < 1.29 is 18.0 Å². The molecule has 0 unspecified atom stereocenters. The quantitative estimate of drug-likeness (QED) is 0.152. The third-order valence-corrected chi connectivity index (χ3v) is 9.95. The van der Waals surface area contributed by atoms with Crippen LogP contribution in [0.5, 0.6) is 0 Å². The first-order valence-electron chi connectivity index (χ1n) is 14.4. The molecule has 0 aromatic heterocycles. The number of benzene rings is 4. The van der Waals surface area contributed by atoms with Crippen LogP contribution in [0.25, 0.3) is 0 Å². The second kappa shape index (κ2) is 16.0. The molecule has 46 heavy (non-hydrogen) atoms. The normalized spacial score (nSPS) is 12.1. The van der Waals surface area contributed by atoms with E-state index in [1.165, 1.54) is 35.2 Å². The molecule has 0 saturated carbocycles. The minimum Gasteiger partial charge on any atom is -0.354 e. The lowest BCUT2D eigenvalue weighted by molar-refractivity contribution is -0.140. The van der Waals surface area contributed by atoms with Crippen LogP contribution in [0, 0.1) is 5.92 Å². The van der Waals surface area contributed by atoms with Gasteiger partial charge in [-0.2, -0.15) is 0 Å². The van der Waals surface area contributed by atoms with E-state index in [-0.39, 0.29) is 40.4 Å². The fourth-order valence-electron chi connectivity index (χ4n) is 4.70. The van der Waals surface area contributed by atoms with Crippen molar-refractivity contribution in [2.75, 3.05) is 17.4 Å². The molecule has 0 spiro atoms. The van der Waals surface area contributed by atoms with Gasteiger partial charge in [-0.3, -0.25) is 13.9 Å². The van der Waals surface area contributed by atoms with Crippen LogP contribution in [-0.2, 0) is 32.6 Å². The van der Waals surface area contributed by atoms with Gasteiger partial charge < -0.3 is 10.2 Å². The van der Waals surface area contributed by atoms with Crippen LogP contribution < -0.4 is 9.62 Å². The predicted octanol–water partition coefficient (Wildman–Crippen LogP) is 7.91. The molecule has 4 rings (SSSR count). The van der Waals surface area contributed by atoms with Crippen LogP contribution in [0.15, 0.2) is 102 Å². The summed E-state index contributed by atoms with van der Waals surface area (Å²) < 4.78 is 29.2. The Labute approximate surface area is 290 Å². The topological polar surface area (TPSA) is 86.8 Å². The SMILES string of the molecule is CC(C)CNC(=O)[C@H](Cc1ccccc1)N(Cc1ccc(Cl)cc1Cl)C(=O)CN(c1cccc(Cl)c1)S(=O)(=O)c1ccc(Cl)cc1. The van der Waals surface area contributed by atoms with Crippen LogP contribution >= 0.6 is 46.4 Å². The molecule has 7 nitrogen and oxygen atoms in total. The molecule has 0 saturated heterocycles. The third kappa shape index (κ3) is 9.39. The summed E-state index contributed by atoms with van der Waals surface area (Å²) in [4.78, 5) is 29.7. The Kier molecular flexibility index (Phi) is 12.4. The molecule has 4 aromatic rings. The zero-order valence-corrected chi connectivity index (χ0v) is 29.0. The highest BCUT2D eigenvalue weighted by molar-refractivity contribution is 7.92. The summed E-state index contributed by atoms with van der Waals surface area (Å²) in [5, 5.41) is 4.29. The van der Waals surface area contributed by atoms with Gasteiger partial charge in [0, 0.05) is 39.6 Å². The van der Waals surface area contributed by atoms with E-state index >= 15 is 0 Å². The number of nitrogens with zero attached hydrogens (tertiary/aromatic N) is 2. The summed E-state index contributed by atoms with van der Waals surface area (Å²) in [6.45, 7) is 3.58. The van der Waals surface area contributed by atoms with Crippen molar-refractivity contribution in [1.29, 1.82) is 0 Å². The molecule has 242 valence electrons. The van der Waals surface area contributed by atoms with Gasteiger partial charge in [0.15, 0.2) is 0 Å². The largest absolute Gasteiger partial charge is 0.354 e. The number of carbonyl (C=O) groups is 2. The number of carbonyl (C=O) groups excluding carboxylic acids is 2. The number of halogens is 4. The smallest absolute Gasteiger partial charge is 0.264 e. The highest BCUT2D eigenvalue weighted by atomic mass is 35.5. The second-order valence-electron chi connectivity index (χ2n) is 11.0. The standard InChI is InChI=1S/C34H33Cl4N3O4S/c1-23(2)20-39-34(43)32(17-24-7-4-3-5-8-24)40(21-25-11-12-28(37)19-31(25)38)33(42)22-41(29-10-6-9-27(36)18-29)46(44,45)30-15-13-26(35)14-16-30/h3-16,18-19,23,32H,17,20-22H2,1-2H3,(H,39,43)/t32-/m0/s1. The summed E-state index contributed by atoms with van der Waals surface area (Å²) in [5.74, 6) is -0.867. The second-order valence-corrected chi connectivity index (χ2v) is 14.6. The molecule has 0 radical (unpaired) electrons. The first kappa shape index (κ1) is 35.6. The fourth-order valence-corrected chi connectivity index (χ4v) is 6.89. The van der Waals surface area contributed by atoms with Crippen LogP contribution in [0.4, 0.5) is 5.69 Å². The molecule has 4 aromatic carbocycles. The van der Waals surface area contributed by atoms with Gasteiger partial charge in [0.2, 0.25) is 11.8 Å². The van der Waals surface area contributed by atoms with E-state index in [1.54, 1.807) is 36.4 Å². The van der Waals surface area contributed by atoms with E-state index in [4.69, 9.17) is 46.4 Å². The average Bonchev–Trinajstić information content (AvgIpc) is 3.01. The van der Waals surface area contributed by atoms with Gasteiger partial charge in [0.05, 0.1) is 10.6 Å². The molecular weight excluding hydrogens is 688 g/mol. The molecule has 0 bridgehead atoms. The molecular formula is C34H33Cl4N3O4S. The van der Waals surface area contributed by atoms with Crippen LogP contribution in [0.1, 0.15) is 25.0 Å². The summed E-state index contributed by atoms with van der Waals surface area (Å²) in [7, 11) is -4.30. The Morgan fingerprint density at radius 3 is 2.07 bits per heavy atom. The molecule has 1 atom stereocenters. The van der Waals surface area contributed by atoms with Crippen molar-refractivity contribution in [2.45, 2.75) is 37.8 Å². The van der Waals surface area contributed by atoms with E-state index in [0.29, 0.717) is 27.2 Å². The minimum atomic E-state index is -4.30. The zero-order chi connectivity index (χ0) is 33.4. The number of hydrogen-bond acceptors (Lipinski definition) is 4. The van der Waals surface area contributed by atoms with Gasteiger partial charge in [0.1, 0.15) is 12.6 Å². The first-order valence-corrected chi connectivity index (χ1v) is 17.4. The Balaban J connectivity index is 1.82. The van der Waals surface area contributed by atoms with Crippen LogP contribution in [0.2, 0.25) is 20.1 Å². The third-order valence-electron chi connectivity index (χ3n) is 7.09. The summed E-state index contributed by atoms with van der Waals surface area (Å²) in [6.07, 6.45) is 0.169. The number of sulfonamides is 1. The maximum Gasteiger partial charge on any atom is 0.264 e. The van der Waals surface area contributed by atoms with Crippen LogP contribution in [0.3, 0.4) is 0 Å². The van der Waals surface area contributed by atoms with E-state index in [9.17, 15) is 18.0 Å². The van der Waals surface area contributed by atoms with E-state index in [2.05, 4.69) is 5.32 Å². The lowest BCUT2D eigenvalue weighted by Gasteiger charge is -2.34. The van der Waals surface area contributed by atoms with Crippen molar-refractivity contribution >= 4 is 73.9 Å². The van der Waals surface area contributed by atoms with E-state index in [1.807, 2.05) is 44.2 Å². The Morgan fingerprint density at radius 2 is 1.43 bits per heavy atom. The van der Waals surface area contributed by atoms with Gasteiger partial charge >= 0.3 is 0 Å². The minimum absolute atomic E-state index is 0.0764. The lowest BCUT2D eigenvalue weighted by Crippen LogP contribution is -2.53. The molecule has 0 aliphatic rings. The van der Waals surface area contributed by atoms with Crippen molar-refractivity contribution in [3.05, 3.63) is 128 Å². The molecule has 0 fully saturated rings. The van der Waals surface area contributed by atoms with Crippen LogP contribution in [-0.4, -0.2) is 44.3 Å². The number of hydrogen-bond donors (Lipinski definition) is 1. The van der Waals surface area contributed by atoms with Crippen molar-refractivity contribution in [3.8, 4) is 0 Å². The maximum absolute atomic E-state index is 14.5. The van der Waals surface area contributed by atoms with Gasteiger partial charge in [-0.25, -0.2) is 8.42 Å². The highest BCUT2D eigenvalue weighted by Gasteiger charge is 2.35. The molecule has 0 aliphatic carbocycles. The Bertz CT molecular complexity index is 1770. The predicted molar refractivity (Wildman–Crippen MR) is 186 cm³/mol. The monoisotopic (exact) mass is 719 g/mol. The number of rotatable bonds is 13. The Morgan fingerprint density at radius 1 is 0.783 bits per heavy atom. The average molecular weight is 722 g/mol. The van der Waals surface area contributed by atoms with Crippen molar-refractivity contribution in [3.63, 3.8) is 0 Å². The zero-order valence-electron chi connectivity index (χ0n) is 25.2. The van der Waals surface area contributed by atoms with Crippen molar-refractivity contribution in [1.82, 2.24) is 10.2 Å². The number of anilines is 1. The number of amides is 2. The van der Waals surface area contributed by atoms with E-state index in [0.717, 1.165) is 9.87 Å². The van der Waals surface area contributed by atoms with Crippen molar-refractivity contribution in [2.24, 2.45) is 5.92 Å². The maximum atomic E-state index is 14.5. The fraction of sp³-hybridized carbons (Fsp3) is 0.235. The molecule has 2 amide bonds. The lowest BCUT2D eigenvalue weighted by atomic mass is 10.0. The molecule has 0 aliphatic heterocycles.